The van der Waals surface area contributed by atoms with Gasteiger partial charge in [0, 0.05) is 35.5 Å². The van der Waals surface area contributed by atoms with Gasteiger partial charge in [-0.25, -0.2) is 4.52 Å². The molecule has 1 atom stereocenters. The summed E-state index contributed by atoms with van der Waals surface area (Å²) in [6.07, 6.45) is 3.70. The molecule has 0 radical (unpaired) electrons. The topological polar surface area (TPSA) is 39.3 Å². The fraction of sp³-hybridized carbons (Fsp3) is 0.250. The molecular formula is C16H15N3OS. The van der Waals surface area contributed by atoms with E-state index < -0.39 is 0 Å². The van der Waals surface area contributed by atoms with Gasteiger partial charge in [0.05, 0.1) is 5.69 Å². The van der Waals surface area contributed by atoms with Crippen molar-refractivity contribution in [2.75, 3.05) is 5.75 Å². The van der Waals surface area contributed by atoms with Gasteiger partial charge in [-0.05, 0) is 24.6 Å². The Hall–Kier alpha value is -2.01. The van der Waals surface area contributed by atoms with Crippen LogP contribution in [0.4, 0.5) is 0 Å². The number of benzene rings is 1. The smallest absolute Gasteiger partial charge is 0.276 e. The van der Waals surface area contributed by atoms with Crippen molar-refractivity contribution in [3.8, 4) is 0 Å². The Morgan fingerprint density at radius 2 is 2.19 bits per heavy atom. The fourth-order valence-electron chi connectivity index (χ4n) is 2.91. The normalized spacial score (nSPS) is 17.3. The fourth-order valence-corrected chi connectivity index (χ4v) is 4.15. The number of hydrogen-bond donors (Lipinski definition) is 0. The highest BCUT2D eigenvalue weighted by Gasteiger charge is 2.23. The molecule has 0 saturated heterocycles. The molecule has 106 valence electrons. The molecule has 0 bridgehead atoms. The summed E-state index contributed by atoms with van der Waals surface area (Å²) in [5.74, 6) is 1.44. The standard InChI is InChI=1S/C16H15N3OS/c1-11-8-14-16(20)18(6-7-19(14)17-11)9-12-10-21-15-5-3-2-4-13(12)15/h2-8,12H,9-10H2,1H3. The van der Waals surface area contributed by atoms with Crippen LogP contribution in [-0.4, -0.2) is 19.9 Å². The lowest BCUT2D eigenvalue weighted by Crippen LogP contribution is -2.24. The molecule has 0 N–H and O–H groups in total. The van der Waals surface area contributed by atoms with Crippen molar-refractivity contribution >= 4 is 17.3 Å². The average molecular weight is 297 g/mol. The van der Waals surface area contributed by atoms with Gasteiger partial charge in [0.15, 0.2) is 0 Å². The minimum absolute atomic E-state index is 0.0347. The zero-order chi connectivity index (χ0) is 14.4. The lowest BCUT2D eigenvalue weighted by atomic mass is 10.0. The van der Waals surface area contributed by atoms with Gasteiger partial charge < -0.3 is 4.57 Å². The van der Waals surface area contributed by atoms with Gasteiger partial charge in [-0.2, -0.15) is 5.10 Å². The molecule has 2 aromatic heterocycles. The molecule has 4 rings (SSSR count). The predicted molar refractivity (Wildman–Crippen MR) is 84.1 cm³/mol. The molecule has 4 nitrogen and oxygen atoms in total. The van der Waals surface area contributed by atoms with Crippen molar-refractivity contribution in [1.29, 1.82) is 0 Å². The molecule has 1 unspecified atom stereocenters. The van der Waals surface area contributed by atoms with E-state index in [2.05, 4.69) is 29.4 Å². The minimum Gasteiger partial charge on any atom is -0.311 e. The van der Waals surface area contributed by atoms with E-state index in [9.17, 15) is 4.79 Å². The predicted octanol–water partition coefficient (Wildman–Crippen LogP) is 2.69. The number of rotatable bonds is 2. The Labute approximate surface area is 126 Å². The second-order valence-corrected chi connectivity index (χ2v) is 6.48. The van der Waals surface area contributed by atoms with Crippen LogP contribution in [0, 0.1) is 6.92 Å². The second-order valence-electron chi connectivity index (χ2n) is 5.42. The monoisotopic (exact) mass is 297 g/mol. The van der Waals surface area contributed by atoms with Crippen LogP contribution in [0.3, 0.4) is 0 Å². The molecule has 1 aromatic carbocycles. The first kappa shape index (κ1) is 12.7. The third-order valence-corrected chi connectivity index (χ3v) is 5.19. The second kappa shape index (κ2) is 4.77. The quantitative estimate of drug-likeness (QED) is 0.730. The zero-order valence-electron chi connectivity index (χ0n) is 11.7. The summed E-state index contributed by atoms with van der Waals surface area (Å²) in [4.78, 5) is 13.9. The highest BCUT2D eigenvalue weighted by atomic mass is 32.2. The minimum atomic E-state index is 0.0347. The number of nitrogens with zero attached hydrogens (tertiary/aromatic N) is 3. The summed E-state index contributed by atoms with van der Waals surface area (Å²) >= 11 is 1.88. The number of fused-ring (bicyclic) bond motifs is 2. The maximum absolute atomic E-state index is 12.5. The SMILES string of the molecule is Cc1cc2c(=O)n(CC3CSc4ccccc43)ccn2n1. The Morgan fingerprint density at radius 3 is 3.10 bits per heavy atom. The van der Waals surface area contributed by atoms with E-state index in [0.717, 1.165) is 18.0 Å². The van der Waals surface area contributed by atoms with Gasteiger partial charge >= 0.3 is 0 Å². The maximum Gasteiger partial charge on any atom is 0.276 e. The molecule has 3 heterocycles. The molecule has 0 spiro atoms. The third-order valence-electron chi connectivity index (χ3n) is 3.94. The molecule has 0 aliphatic carbocycles. The van der Waals surface area contributed by atoms with Crippen LogP contribution in [0.5, 0.6) is 0 Å². The van der Waals surface area contributed by atoms with Gasteiger partial charge in [0.1, 0.15) is 5.52 Å². The first-order valence-corrected chi connectivity index (χ1v) is 7.98. The first-order chi connectivity index (χ1) is 10.2. The van der Waals surface area contributed by atoms with Gasteiger partial charge in [0.2, 0.25) is 0 Å². The van der Waals surface area contributed by atoms with E-state index in [1.807, 2.05) is 41.7 Å². The summed E-state index contributed by atoms with van der Waals surface area (Å²) in [5, 5.41) is 4.28. The molecule has 0 amide bonds. The molecule has 3 aromatic rings. The van der Waals surface area contributed by atoms with E-state index in [1.54, 1.807) is 4.52 Å². The average Bonchev–Trinajstić information content (AvgIpc) is 3.06. The van der Waals surface area contributed by atoms with Crippen molar-refractivity contribution in [3.63, 3.8) is 0 Å². The number of thioether (sulfide) groups is 1. The zero-order valence-corrected chi connectivity index (χ0v) is 12.5. The van der Waals surface area contributed by atoms with Gasteiger partial charge in [-0.3, -0.25) is 4.79 Å². The van der Waals surface area contributed by atoms with E-state index in [0.29, 0.717) is 11.4 Å². The first-order valence-electron chi connectivity index (χ1n) is 6.99. The lowest BCUT2D eigenvalue weighted by molar-refractivity contribution is 0.585. The highest BCUT2D eigenvalue weighted by Crippen LogP contribution is 2.39. The van der Waals surface area contributed by atoms with Crippen LogP contribution in [0.25, 0.3) is 5.52 Å². The Kier molecular flexibility index (Phi) is 2.89. The summed E-state index contributed by atoms with van der Waals surface area (Å²) in [7, 11) is 0. The number of aromatic nitrogens is 3. The maximum atomic E-state index is 12.5. The molecule has 0 fully saturated rings. The third kappa shape index (κ3) is 2.08. The van der Waals surface area contributed by atoms with E-state index in [-0.39, 0.29) is 5.56 Å². The van der Waals surface area contributed by atoms with Crippen molar-refractivity contribution in [2.24, 2.45) is 0 Å². The van der Waals surface area contributed by atoms with E-state index >= 15 is 0 Å². The van der Waals surface area contributed by atoms with Crippen LogP contribution >= 0.6 is 11.8 Å². The summed E-state index contributed by atoms with van der Waals surface area (Å²) in [6, 6.07) is 10.3. The molecule has 0 saturated carbocycles. The Morgan fingerprint density at radius 1 is 1.33 bits per heavy atom. The number of aryl methyl sites for hydroxylation is 1. The molecule has 21 heavy (non-hydrogen) atoms. The largest absolute Gasteiger partial charge is 0.311 e. The van der Waals surface area contributed by atoms with Crippen LogP contribution in [0.2, 0.25) is 0 Å². The van der Waals surface area contributed by atoms with Crippen LogP contribution in [0.15, 0.2) is 52.4 Å². The van der Waals surface area contributed by atoms with Crippen molar-refractivity contribution in [3.05, 3.63) is 64.3 Å². The van der Waals surface area contributed by atoms with Gasteiger partial charge in [-0.15, -0.1) is 11.8 Å². The van der Waals surface area contributed by atoms with Crippen molar-refractivity contribution in [1.82, 2.24) is 14.2 Å². The van der Waals surface area contributed by atoms with Crippen LogP contribution < -0.4 is 5.56 Å². The number of hydrogen-bond acceptors (Lipinski definition) is 3. The summed E-state index contributed by atoms with van der Waals surface area (Å²) in [6.45, 7) is 2.63. The van der Waals surface area contributed by atoms with Crippen LogP contribution in [0.1, 0.15) is 17.2 Å². The van der Waals surface area contributed by atoms with Crippen molar-refractivity contribution in [2.45, 2.75) is 24.3 Å². The molecule has 1 aliphatic heterocycles. The lowest BCUT2D eigenvalue weighted by Gasteiger charge is -2.13. The summed E-state index contributed by atoms with van der Waals surface area (Å²) in [5.41, 5.74) is 2.91. The molecule has 1 aliphatic rings. The Bertz CT molecular complexity index is 881. The van der Waals surface area contributed by atoms with E-state index in [4.69, 9.17) is 0 Å². The summed E-state index contributed by atoms with van der Waals surface area (Å²) < 4.78 is 3.47. The van der Waals surface area contributed by atoms with Crippen LogP contribution in [-0.2, 0) is 6.54 Å². The van der Waals surface area contributed by atoms with E-state index in [1.165, 1.54) is 10.5 Å². The molecular weight excluding hydrogens is 282 g/mol. The highest BCUT2D eigenvalue weighted by molar-refractivity contribution is 7.99. The van der Waals surface area contributed by atoms with Gasteiger partial charge in [0.25, 0.3) is 5.56 Å². The Balaban J connectivity index is 1.72. The van der Waals surface area contributed by atoms with Gasteiger partial charge in [-0.1, -0.05) is 18.2 Å². The van der Waals surface area contributed by atoms with Crippen molar-refractivity contribution < 1.29 is 0 Å². The molecule has 5 heteroatoms.